The fourth-order valence-corrected chi connectivity index (χ4v) is 1.84. The first-order valence-electron chi connectivity index (χ1n) is 5.01. The van der Waals surface area contributed by atoms with E-state index >= 15 is 0 Å². The highest BCUT2D eigenvalue weighted by molar-refractivity contribution is 4.79. The molecule has 2 unspecified atom stereocenters. The van der Waals surface area contributed by atoms with Crippen LogP contribution in [0.25, 0.3) is 0 Å². The maximum Gasteiger partial charge on any atom is 0.393 e. The van der Waals surface area contributed by atoms with Gasteiger partial charge in [0.2, 0.25) is 0 Å². The van der Waals surface area contributed by atoms with Crippen molar-refractivity contribution in [3.8, 4) is 0 Å². The zero-order valence-corrected chi connectivity index (χ0v) is 8.37. The molecule has 0 aromatic heterocycles. The summed E-state index contributed by atoms with van der Waals surface area (Å²) in [6.45, 7) is 0.195. The number of aliphatic hydroxyl groups excluding tert-OH is 2. The monoisotopic (exact) mass is 227 g/mol. The predicted molar refractivity (Wildman–Crippen MR) is 48.3 cm³/mol. The van der Waals surface area contributed by atoms with Crippen LogP contribution < -0.4 is 0 Å². The summed E-state index contributed by atoms with van der Waals surface area (Å²) < 4.78 is 37.2. The highest BCUT2D eigenvalue weighted by atomic mass is 19.4. The largest absolute Gasteiger partial charge is 0.394 e. The number of alkyl halides is 3. The van der Waals surface area contributed by atoms with Gasteiger partial charge in [0.05, 0.1) is 18.6 Å². The number of rotatable bonds is 3. The van der Waals surface area contributed by atoms with Gasteiger partial charge in [-0.25, -0.2) is 0 Å². The molecule has 90 valence electrons. The van der Waals surface area contributed by atoms with Crippen LogP contribution in [0.2, 0.25) is 0 Å². The Kier molecular flexibility index (Phi) is 4.36. The Labute approximate surface area is 86.5 Å². The molecule has 0 amide bonds. The summed E-state index contributed by atoms with van der Waals surface area (Å²) in [5.74, 6) is -1.29. The van der Waals surface area contributed by atoms with Gasteiger partial charge >= 0.3 is 6.18 Å². The van der Waals surface area contributed by atoms with Crippen LogP contribution in [0.3, 0.4) is 0 Å². The van der Waals surface area contributed by atoms with E-state index in [0.717, 1.165) is 0 Å². The highest BCUT2D eigenvalue weighted by Crippen LogP contribution is 2.32. The molecule has 3 nitrogen and oxygen atoms in total. The lowest BCUT2D eigenvalue weighted by Gasteiger charge is -2.34. The highest BCUT2D eigenvalue weighted by Gasteiger charge is 2.41. The molecule has 1 rings (SSSR count). The lowest BCUT2D eigenvalue weighted by atomic mass is 9.97. The predicted octanol–water partition coefficient (Wildman–Crippen LogP) is 0.614. The summed E-state index contributed by atoms with van der Waals surface area (Å²) in [5, 5.41) is 17.7. The number of β-amino-alcohol motifs (C(OH)–C–C–N with tert-alkyl or cyclic N) is 1. The van der Waals surface area contributed by atoms with Gasteiger partial charge in [-0.05, 0) is 19.4 Å². The van der Waals surface area contributed by atoms with E-state index in [1.807, 2.05) is 0 Å². The fraction of sp³-hybridized carbons (Fsp3) is 1.00. The Morgan fingerprint density at radius 1 is 1.40 bits per heavy atom. The van der Waals surface area contributed by atoms with E-state index in [1.54, 1.807) is 4.90 Å². The Hall–Kier alpha value is -0.330. The molecule has 0 spiro atoms. The summed E-state index contributed by atoms with van der Waals surface area (Å²) in [4.78, 5) is 1.56. The number of hydrogen-bond donors (Lipinski definition) is 2. The van der Waals surface area contributed by atoms with Crippen molar-refractivity contribution in [1.82, 2.24) is 4.90 Å². The van der Waals surface area contributed by atoms with Gasteiger partial charge in [-0.15, -0.1) is 0 Å². The van der Waals surface area contributed by atoms with Gasteiger partial charge in [0.1, 0.15) is 0 Å². The second kappa shape index (κ2) is 5.14. The van der Waals surface area contributed by atoms with Crippen LogP contribution in [0.15, 0.2) is 0 Å². The molecule has 6 heteroatoms. The third kappa shape index (κ3) is 3.96. The van der Waals surface area contributed by atoms with Gasteiger partial charge < -0.3 is 15.1 Å². The number of nitrogens with zero attached hydrogens (tertiary/aromatic N) is 1. The summed E-state index contributed by atoms with van der Waals surface area (Å²) in [6, 6.07) is 0. The van der Waals surface area contributed by atoms with E-state index in [-0.39, 0.29) is 19.5 Å². The molecular weight excluding hydrogens is 211 g/mol. The van der Waals surface area contributed by atoms with Crippen molar-refractivity contribution in [3.63, 3.8) is 0 Å². The number of aliphatic hydroxyl groups is 2. The first-order chi connectivity index (χ1) is 6.93. The maximum atomic E-state index is 12.4. The van der Waals surface area contributed by atoms with Crippen molar-refractivity contribution in [2.24, 2.45) is 5.92 Å². The van der Waals surface area contributed by atoms with Gasteiger partial charge in [-0.1, -0.05) is 0 Å². The molecule has 0 aliphatic carbocycles. The minimum atomic E-state index is -4.15. The Balaban J connectivity index is 2.42. The van der Waals surface area contributed by atoms with Gasteiger partial charge in [-0.3, -0.25) is 0 Å². The molecule has 15 heavy (non-hydrogen) atoms. The third-order valence-electron chi connectivity index (χ3n) is 2.65. The molecule has 0 aromatic rings. The minimum Gasteiger partial charge on any atom is -0.394 e. The van der Waals surface area contributed by atoms with Crippen molar-refractivity contribution in [3.05, 3.63) is 0 Å². The second-order valence-corrected chi connectivity index (χ2v) is 3.98. The van der Waals surface area contributed by atoms with Crippen LogP contribution in [-0.2, 0) is 0 Å². The van der Waals surface area contributed by atoms with E-state index in [2.05, 4.69) is 0 Å². The average molecular weight is 227 g/mol. The van der Waals surface area contributed by atoms with Crippen LogP contribution in [0.4, 0.5) is 13.2 Å². The Bertz CT molecular complexity index is 198. The van der Waals surface area contributed by atoms with Crippen LogP contribution in [0, 0.1) is 5.92 Å². The average Bonchev–Trinajstić information content (AvgIpc) is 2.17. The Morgan fingerprint density at radius 2 is 2.07 bits per heavy atom. The summed E-state index contributed by atoms with van der Waals surface area (Å²) in [7, 11) is 0. The Morgan fingerprint density at radius 3 is 2.60 bits per heavy atom. The molecule has 0 saturated carbocycles. The van der Waals surface area contributed by atoms with Crippen molar-refractivity contribution in [1.29, 1.82) is 0 Å². The van der Waals surface area contributed by atoms with Crippen molar-refractivity contribution >= 4 is 0 Å². The van der Waals surface area contributed by atoms with Crippen LogP contribution in [0.1, 0.15) is 12.8 Å². The molecule has 2 atom stereocenters. The topological polar surface area (TPSA) is 43.7 Å². The molecule has 0 bridgehead atoms. The molecule has 1 saturated heterocycles. The first-order valence-corrected chi connectivity index (χ1v) is 5.01. The lowest BCUT2D eigenvalue weighted by Crippen LogP contribution is -2.45. The van der Waals surface area contributed by atoms with Crippen LogP contribution in [-0.4, -0.2) is 53.6 Å². The van der Waals surface area contributed by atoms with E-state index in [9.17, 15) is 13.2 Å². The number of hydrogen-bond acceptors (Lipinski definition) is 3. The molecule has 1 aliphatic heterocycles. The van der Waals surface area contributed by atoms with E-state index < -0.39 is 24.8 Å². The van der Waals surface area contributed by atoms with Crippen molar-refractivity contribution in [2.45, 2.75) is 25.1 Å². The molecule has 1 heterocycles. The quantitative estimate of drug-likeness (QED) is 0.742. The van der Waals surface area contributed by atoms with Crippen molar-refractivity contribution in [2.75, 3.05) is 26.2 Å². The van der Waals surface area contributed by atoms with Gasteiger partial charge in [0.25, 0.3) is 0 Å². The molecule has 1 fully saturated rings. The maximum absolute atomic E-state index is 12.4. The molecular formula is C9H16F3NO2. The van der Waals surface area contributed by atoms with Crippen molar-refractivity contribution < 1.29 is 23.4 Å². The standard InChI is InChI=1S/C9H16F3NO2/c10-9(11,12)7-2-1-3-13(4-7)5-8(15)6-14/h7-8,14-15H,1-6H2. The van der Waals surface area contributed by atoms with Gasteiger partial charge in [0.15, 0.2) is 0 Å². The van der Waals surface area contributed by atoms with Crippen LogP contribution >= 0.6 is 0 Å². The zero-order chi connectivity index (χ0) is 11.5. The lowest BCUT2D eigenvalue weighted by molar-refractivity contribution is -0.187. The second-order valence-electron chi connectivity index (χ2n) is 3.98. The van der Waals surface area contributed by atoms with E-state index in [0.29, 0.717) is 13.0 Å². The normalized spacial score (nSPS) is 26.6. The SMILES string of the molecule is OCC(O)CN1CCCC(C(F)(F)F)C1. The summed E-state index contributed by atoms with van der Waals surface area (Å²) >= 11 is 0. The number of likely N-dealkylation sites (tertiary alicyclic amines) is 1. The molecule has 0 aromatic carbocycles. The third-order valence-corrected chi connectivity index (χ3v) is 2.65. The molecule has 1 aliphatic rings. The van der Waals surface area contributed by atoms with Gasteiger partial charge in [-0.2, -0.15) is 13.2 Å². The number of halogens is 3. The van der Waals surface area contributed by atoms with Gasteiger partial charge in [0, 0.05) is 13.1 Å². The summed E-state index contributed by atoms with van der Waals surface area (Å²) in [6.07, 6.45) is -4.45. The van der Waals surface area contributed by atoms with E-state index in [1.165, 1.54) is 0 Å². The molecule has 0 radical (unpaired) electrons. The van der Waals surface area contributed by atoms with E-state index in [4.69, 9.17) is 10.2 Å². The zero-order valence-electron chi connectivity index (χ0n) is 8.37. The number of piperidine rings is 1. The molecule has 2 N–H and O–H groups in total. The smallest absolute Gasteiger partial charge is 0.393 e. The first kappa shape index (κ1) is 12.7. The summed E-state index contributed by atoms with van der Waals surface area (Å²) in [5.41, 5.74) is 0. The van der Waals surface area contributed by atoms with Crippen LogP contribution in [0.5, 0.6) is 0 Å². The fourth-order valence-electron chi connectivity index (χ4n) is 1.84. The minimum absolute atomic E-state index is 0.0689.